The van der Waals surface area contributed by atoms with Gasteiger partial charge in [0.2, 0.25) is 0 Å². The summed E-state index contributed by atoms with van der Waals surface area (Å²) in [7, 11) is 1.76. The highest BCUT2D eigenvalue weighted by atomic mass is 16.1. The molecule has 0 spiro atoms. The molecule has 0 radical (unpaired) electrons. The summed E-state index contributed by atoms with van der Waals surface area (Å²) in [5, 5.41) is 3.59. The largest absolute Gasteiger partial charge is 0.350 e. The number of hydrogen-bond acceptors (Lipinski definition) is 5. The fourth-order valence-electron chi connectivity index (χ4n) is 3.00. The van der Waals surface area contributed by atoms with Crippen molar-refractivity contribution in [2.45, 2.75) is 32.4 Å². The van der Waals surface area contributed by atoms with E-state index in [4.69, 9.17) is 0 Å². The number of rotatable bonds is 4. The van der Waals surface area contributed by atoms with E-state index in [2.05, 4.69) is 26.3 Å². The third kappa shape index (κ3) is 3.59. The molecule has 1 saturated heterocycles. The van der Waals surface area contributed by atoms with Crippen LogP contribution in [0.4, 0.5) is 5.82 Å². The molecular formula is C17H23N5O. The van der Waals surface area contributed by atoms with Crippen molar-refractivity contribution in [2.75, 3.05) is 18.0 Å². The molecule has 3 heterocycles. The van der Waals surface area contributed by atoms with Gasteiger partial charge in [0, 0.05) is 57.0 Å². The number of anilines is 1. The summed E-state index contributed by atoms with van der Waals surface area (Å²) in [4.78, 5) is 22.9. The predicted molar refractivity (Wildman–Crippen MR) is 90.5 cm³/mol. The molecule has 1 fully saturated rings. The van der Waals surface area contributed by atoms with Crippen LogP contribution in [0, 0.1) is 6.92 Å². The van der Waals surface area contributed by atoms with Crippen LogP contribution in [0.2, 0.25) is 0 Å². The highest BCUT2D eigenvalue weighted by molar-refractivity contribution is 5.36. The monoisotopic (exact) mass is 313 g/mol. The maximum atomic E-state index is 12.2. The Balaban J connectivity index is 1.66. The van der Waals surface area contributed by atoms with Crippen molar-refractivity contribution >= 4 is 5.82 Å². The summed E-state index contributed by atoms with van der Waals surface area (Å²) < 4.78 is 1.58. The lowest BCUT2D eigenvalue weighted by molar-refractivity contribution is 0.418. The Kier molecular flexibility index (Phi) is 4.71. The van der Waals surface area contributed by atoms with Crippen LogP contribution in [0.15, 0.2) is 35.5 Å². The van der Waals surface area contributed by atoms with Crippen molar-refractivity contribution in [1.29, 1.82) is 0 Å². The maximum Gasteiger partial charge on any atom is 0.293 e. The van der Waals surface area contributed by atoms with E-state index in [1.807, 2.05) is 19.2 Å². The smallest absolute Gasteiger partial charge is 0.293 e. The second-order valence-electron chi connectivity index (χ2n) is 6.08. The van der Waals surface area contributed by atoms with E-state index < -0.39 is 0 Å². The molecule has 0 amide bonds. The van der Waals surface area contributed by atoms with Gasteiger partial charge in [0.15, 0.2) is 5.82 Å². The molecule has 2 aromatic rings. The first-order chi connectivity index (χ1) is 11.1. The molecule has 23 heavy (non-hydrogen) atoms. The Morgan fingerprint density at radius 1 is 1.35 bits per heavy atom. The fraction of sp³-hybridized carbons (Fsp3) is 0.471. The number of aromatic nitrogens is 3. The Morgan fingerprint density at radius 3 is 3.04 bits per heavy atom. The first-order valence-electron chi connectivity index (χ1n) is 8.05. The van der Waals surface area contributed by atoms with Crippen LogP contribution in [0.1, 0.15) is 24.1 Å². The molecule has 0 aliphatic carbocycles. The van der Waals surface area contributed by atoms with Gasteiger partial charge in [0.25, 0.3) is 5.56 Å². The van der Waals surface area contributed by atoms with Gasteiger partial charge in [-0.2, -0.15) is 0 Å². The Labute approximate surface area is 136 Å². The van der Waals surface area contributed by atoms with E-state index in [1.165, 1.54) is 5.56 Å². The van der Waals surface area contributed by atoms with Crippen LogP contribution in [-0.4, -0.2) is 33.7 Å². The first-order valence-corrected chi connectivity index (χ1v) is 8.05. The standard InChI is InChI=1S/C17H23N5O/c1-13-14(5-3-7-18-13)11-20-15-6-4-9-22(12-15)16-17(23)21(2)10-8-19-16/h3,5,7-8,10,15,20H,4,6,9,11-12H2,1-2H3/t15-/m0/s1. The van der Waals surface area contributed by atoms with E-state index in [0.29, 0.717) is 11.9 Å². The van der Waals surface area contributed by atoms with E-state index >= 15 is 0 Å². The van der Waals surface area contributed by atoms with Crippen molar-refractivity contribution in [1.82, 2.24) is 19.9 Å². The highest BCUT2D eigenvalue weighted by Crippen LogP contribution is 2.15. The molecule has 1 aliphatic rings. The molecule has 0 unspecified atom stereocenters. The summed E-state index contributed by atoms with van der Waals surface area (Å²) in [6, 6.07) is 4.43. The molecule has 1 N–H and O–H groups in total. The minimum absolute atomic E-state index is 0.0312. The molecule has 0 bridgehead atoms. The molecule has 0 aromatic carbocycles. The van der Waals surface area contributed by atoms with Crippen molar-refractivity contribution in [3.8, 4) is 0 Å². The highest BCUT2D eigenvalue weighted by Gasteiger charge is 2.22. The third-order valence-corrected chi connectivity index (χ3v) is 4.42. The van der Waals surface area contributed by atoms with Gasteiger partial charge in [-0.25, -0.2) is 4.98 Å². The number of pyridine rings is 1. The van der Waals surface area contributed by atoms with Gasteiger partial charge in [0.1, 0.15) is 0 Å². The van der Waals surface area contributed by atoms with Gasteiger partial charge >= 0.3 is 0 Å². The second-order valence-corrected chi connectivity index (χ2v) is 6.08. The normalized spacial score (nSPS) is 18.2. The quantitative estimate of drug-likeness (QED) is 0.920. The minimum atomic E-state index is -0.0312. The molecule has 3 rings (SSSR count). The van der Waals surface area contributed by atoms with Gasteiger partial charge in [-0.15, -0.1) is 0 Å². The zero-order chi connectivity index (χ0) is 16.2. The minimum Gasteiger partial charge on any atom is -0.350 e. The van der Waals surface area contributed by atoms with Crippen molar-refractivity contribution in [3.63, 3.8) is 0 Å². The van der Waals surface area contributed by atoms with E-state index in [-0.39, 0.29) is 5.56 Å². The average molecular weight is 313 g/mol. The van der Waals surface area contributed by atoms with Crippen molar-refractivity contribution in [3.05, 3.63) is 52.3 Å². The SMILES string of the molecule is Cc1ncccc1CN[C@H]1CCCN(c2nccn(C)c2=O)C1. The molecule has 122 valence electrons. The van der Waals surface area contributed by atoms with E-state index in [0.717, 1.165) is 38.2 Å². The second kappa shape index (κ2) is 6.91. The van der Waals surface area contributed by atoms with Crippen LogP contribution in [0.3, 0.4) is 0 Å². The Morgan fingerprint density at radius 2 is 2.22 bits per heavy atom. The van der Waals surface area contributed by atoms with Gasteiger partial charge in [-0.1, -0.05) is 6.07 Å². The van der Waals surface area contributed by atoms with Gasteiger partial charge in [-0.05, 0) is 31.4 Å². The summed E-state index contributed by atoms with van der Waals surface area (Å²) in [6.45, 7) is 4.53. The number of nitrogens with one attached hydrogen (secondary N) is 1. The number of nitrogens with zero attached hydrogens (tertiary/aromatic N) is 4. The predicted octanol–water partition coefficient (Wildman–Crippen LogP) is 1.24. The molecule has 1 atom stereocenters. The van der Waals surface area contributed by atoms with Gasteiger partial charge in [-0.3, -0.25) is 9.78 Å². The van der Waals surface area contributed by atoms with E-state index in [9.17, 15) is 4.79 Å². The number of hydrogen-bond donors (Lipinski definition) is 1. The summed E-state index contributed by atoms with van der Waals surface area (Å²) in [5.74, 6) is 0.555. The molecule has 6 nitrogen and oxygen atoms in total. The number of aryl methyl sites for hydroxylation is 2. The molecule has 6 heteroatoms. The van der Waals surface area contributed by atoms with Crippen molar-refractivity contribution < 1.29 is 0 Å². The zero-order valence-corrected chi connectivity index (χ0v) is 13.7. The molecular weight excluding hydrogens is 290 g/mol. The van der Waals surface area contributed by atoms with Gasteiger partial charge < -0.3 is 14.8 Å². The summed E-state index contributed by atoms with van der Waals surface area (Å²) >= 11 is 0. The number of piperidine rings is 1. The lowest BCUT2D eigenvalue weighted by atomic mass is 10.1. The summed E-state index contributed by atoms with van der Waals surface area (Å²) in [6.07, 6.45) is 7.37. The zero-order valence-electron chi connectivity index (χ0n) is 13.7. The topological polar surface area (TPSA) is 63.1 Å². The van der Waals surface area contributed by atoms with E-state index in [1.54, 1.807) is 24.0 Å². The van der Waals surface area contributed by atoms with Crippen LogP contribution in [-0.2, 0) is 13.6 Å². The van der Waals surface area contributed by atoms with Crippen LogP contribution >= 0.6 is 0 Å². The Hall–Kier alpha value is -2.21. The van der Waals surface area contributed by atoms with Crippen LogP contribution in [0.25, 0.3) is 0 Å². The molecule has 1 aliphatic heterocycles. The lowest BCUT2D eigenvalue weighted by Gasteiger charge is -2.33. The first kappa shape index (κ1) is 15.7. The average Bonchev–Trinajstić information content (AvgIpc) is 2.57. The van der Waals surface area contributed by atoms with Gasteiger partial charge in [0.05, 0.1) is 0 Å². The van der Waals surface area contributed by atoms with Crippen LogP contribution in [0.5, 0.6) is 0 Å². The molecule has 2 aromatic heterocycles. The fourth-order valence-corrected chi connectivity index (χ4v) is 3.00. The van der Waals surface area contributed by atoms with Crippen molar-refractivity contribution in [2.24, 2.45) is 7.05 Å². The molecule has 0 saturated carbocycles. The van der Waals surface area contributed by atoms with Crippen LogP contribution < -0.4 is 15.8 Å². The maximum absolute atomic E-state index is 12.2. The lowest BCUT2D eigenvalue weighted by Crippen LogP contribution is -2.47. The Bertz CT molecular complexity index is 727. The summed E-state index contributed by atoms with van der Waals surface area (Å²) in [5.41, 5.74) is 2.25. The third-order valence-electron chi connectivity index (χ3n) is 4.42.